The minimum atomic E-state index is -3.73. The van der Waals surface area contributed by atoms with Crippen molar-refractivity contribution in [1.82, 2.24) is 4.31 Å². The fourth-order valence-corrected chi connectivity index (χ4v) is 5.24. The van der Waals surface area contributed by atoms with E-state index in [1.165, 1.54) is 22.5 Å². The largest absolute Gasteiger partial charge is 0.378 e. The first-order valence-corrected chi connectivity index (χ1v) is 11.6. The van der Waals surface area contributed by atoms with Crippen LogP contribution in [-0.4, -0.2) is 59.7 Å². The van der Waals surface area contributed by atoms with Crippen LogP contribution in [0.3, 0.4) is 0 Å². The number of hydrogen-bond donors (Lipinski definition) is 1. The zero-order valence-corrected chi connectivity index (χ0v) is 17.5. The molecule has 7 nitrogen and oxygen atoms in total. The summed E-state index contributed by atoms with van der Waals surface area (Å²) in [6.07, 6.45) is 3.14. The average molecular weight is 427 g/mol. The van der Waals surface area contributed by atoms with E-state index in [2.05, 4.69) is 0 Å². The van der Waals surface area contributed by atoms with E-state index in [0.29, 0.717) is 44.6 Å². The highest BCUT2D eigenvalue weighted by Crippen LogP contribution is 2.26. The number of rotatable bonds is 7. The number of nitrogens with two attached hydrogens (primary N) is 1. The fourth-order valence-electron chi connectivity index (χ4n) is 2.80. The zero-order chi connectivity index (χ0) is 18.7. The van der Waals surface area contributed by atoms with Gasteiger partial charge < -0.3 is 10.5 Å². The second-order valence-corrected chi connectivity index (χ2v) is 10.2. The van der Waals surface area contributed by atoms with Gasteiger partial charge in [-0.15, -0.1) is 12.4 Å². The van der Waals surface area contributed by atoms with Gasteiger partial charge in [0.25, 0.3) is 0 Å². The Morgan fingerprint density at radius 3 is 2.35 bits per heavy atom. The molecule has 1 saturated heterocycles. The van der Waals surface area contributed by atoms with Crippen molar-refractivity contribution in [2.24, 2.45) is 5.73 Å². The lowest BCUT2D eigenvalue weighted by molar-refractivity contribution is 0.0209. The maximum Gasteiger partial charge on any atom is 0.243 e. The molecular formula is C16H27ClN2O5S2. The van der Waals surface area contributed by atoms with Crippen molar-refractivity contribution >= 4 is 32.3 Å². The molecule has 1 heterocycles. The van der Waals surface area contributed by atoms with Crippen LogP contribution in [0.25, 0.3) is 0 Å². The van der Waals surface area contributed by atoms with Crippen LogP contribution >= 0.6 is 12.4 Å². The molecule has 150 valence electrons. The standard InChI is InChI=1S/C16H26N2O5S2.ClH/c1-13-4-5-15(24(2,19)20)12-16(13)25(21,22)18-9-6-14(7-10-18)23-11-3-8-17;/h4-5,12,14H,3,6-11,17H2,1-2H3;1H. The van der Waals surface area contributed by atoms with Crippen LogP contribution in [-0.2, 0) is 24.6 Å². The van der Waals surface area contributed by atoms with Gasteiger partial charge in [0.1, 0.15) is 0 Å². The van der Waals surface area contributed by atoms with E-state index in [1.54, 1.807) is 6.92 Å². The van der Waals surface area contributed by atoms with Crippen molar-refractivity contribution in [3.05, 3.63) is 23.8 Å². The van der Waals surface area contributed by atoms with Gasteiger partial charge in [0.2, 0.25) is 10.0 Å². The minimum absolute atomic E-state index is 0. The number of ether oxygens (including phenoxy) is 1. The predicted octanol–water partition coefficient (Wildman–Crippen LogP) is 1.34. The molecule has 0 amide bonds. The Morgan fingerprint density at radius 2 is 1.81 bits per heavy atom. The molecule has 1 aliphatic rings. The molecule has 0 radical (unpaired) electrons. The Hall–Kier alpha value is -0.710. The van der Waals surface area contributed by atoms with E-state index in [9.17, 15) is 16.8 Å². The van der Waals surface area contributed by atoms with Crippen LogP contribution in [0.2, 0.25) is 0 Å². The molecule has 0 bridgehead atoms. The highest BCUT2D eigenvalue weighted by atomic mass is 35.5. The van der Waals surface area contributed by atoms with Crippen LogP contribution in [0.4, 0.5) is 0 Å². The van der Waals surface area contributed by atoms with Crippen LogP contribution in [0, 0.1) is 6.92 Å². The lowest BCUT2D eigenvalue weighted by Gasteiger charge is -2.31. The van der Waals surface area contributed by atoms with Crippen molar-refractivity contribution in [1.29, 1.82) is 0 Å². The van der Waals surface area contributed by atoms with Crippen molar-refractivity contribution < 1.29 is 21.6 Å². The summed E-state index contributed by atoms with van der Waals surface area (Å²) in [4.78, 5) is 0.0644. The second-order valence-electron chi connectivity index (χ2n) is 6.32. The Balaban J connectivity index is 0.00000338. The molecule has 10 heteroatoms. The number of halogens is 1. The van der Waals surface area contributed by atoms with Crippen molar-refractivity contribution in [3.63, 3.8) is 0 Å². The molecule has 0 aromatic heterocycles. The van der Waals surface area contributed by atoms with Gasteiger partial charge in [-0.25, -0.2) is 16.8 Å². The minimum Gasteiger partial charge on any atom is -0.378 e. The lowest BCUT2D eigenvalue weighted by Crippen LogP contribution is -2.41. The predicted molar refractivity (Wildman–Crippen MR) is 103 cm³/mol. The van der Waals surface area contributed by atoms with Gasteiger partial charge in [-0.05, 0) is 50.4 Å². The molecule has 0 aliphatic carbocycles. The van der Waals surface area contributed by atoms with Crippen molar-refractivity contribution in [2.45, 2.75) is 42.1 Å². The number of sulfone groups is 1. The third kappa shape index (κ3) is 5.64. The van der Waals surface area contributed by atoms with Gasteiger partial charge in [-0.2, -0.15) is 4.31 Å². The monoisotopic (exact) mass is 426 g/mol. The van der Waals surface area contributed by atoms with E-state index < -0.39 is 19.9 Å². The molecule has 2 N–H and O–H groups in total. The maximum absolute atomic E-state index is 12.9. The molecule has 1 aromatic rings. The first-order valence-electron chi connectivity index (χ1n) is 8.29. The Labute approximate surface area is 162 Å². The summed E-state index contributed by atoms with van der Waals surface area (Å²) in [5.41, 5.74) is 5.97. The first-order chi connectivity index (χ1) is 11.7. The molecule has 2 rings (SSSR count). The van der Waals surface area contributed by atoms with Crippen molar-refractivity contribution in [2.75, 3.05) is 32.5 Å². The number of hydrogen-bond acceptors (Lipinski definition) is 6. The van der Waals surface area contributed by atoms with Crippen LogP contribution in [0.1, 0.15) is 24.8 Å². The lowest BCUT2D eigenvalue weighted by atomic mass is 10.1. The van der Waals surface area contributed by atoms with Crippen molar-refractivity contribution in [3.8, 4) is 0 Å². The van der Waals surface area contributed by atoms with Gasteiger partial charge >= 0.3 is 0 Å². The van der Waals surface area contributed by atoms with Gasteiger partial charge in [0, 0.05) is 26.0 Å². The number of sulfonamides is 1. The summed E-state index contributed by atoms with van der Waals surface area (Å²) in [5, 5.41) is 0. The molecular weight excluding hydrogens is 400 g/mol. The van der Waals surface area contributed by atoms with E-state index in [0.717, 1.165) is 12.7 Å². The number of nitrogens with zero attached hydrogens (tertiary/aromatic N) is 1. The average Bonchev–Trinajstić information content (AvgIpc) is 2.54. The summed E-state index contributed by atoms with van der Waals surface area (Å²) >= 11 is 0. The Bertz CT molecular complexity index is 804. The summed E-state index contributed by atoms with van der Waals surface area (Å²) in [5.74, 6) is 0. The van der Waals surface area contributed by atoms with Gasteiger partial charge in [0.05, 0.1) is 15.9 Å². The highest BCUT2D eigenvalue weighted by Gasteiger charge is 2.31. The summed E-state index contributed by atoms with van der Waals surface area (Å²) < 4.78 is 56.4. The van der Waals surface area contributed by atoms with E-state index in [1.807, 2.05) is 0 Å². The number of piperidine rings is 1. The van der Waals surface area contributed by atoms with E-state index >= 15 is 0 Å². The normalized spacial score (nSPS) is 17.0. The Morgan fingerprint density at radius 1 is 1.19 bits per heavy atom. The third-order valence-electron chi connectivity index (χ3n) is 4.31. The molecule has 1 aliphatic heterocycles. The van der Waals surface area contributed by atoms with Gasteiger partial charge in [0.15, 0.2) is 9.84 Å². The summed E-state index contributed by atoms with van der Waals surface area (Å²) in [7, 11) is -7.20. The highest BCUT2D eigenvalue weighted by molar-refractivity contribution is 7.91. The molecule has 0 spiro atoms. The van der Waals surface area contributed by atoms with E-state index in [4.69, 9.17) is 10.5 Å². The molecule has 0 unspecified atom stereocenters. The SMILES string of the molecule is Cc1ccc(S(C)(=O)=O)cc1S(=O)(=O)N1CCC(OCCCN)CC1.Cl. The van der Waals surface area contributed by atoms with Crippen LogP contribution < -0.4 is 5.73 Å². The first kappa shape index (κ1) is 23.3. The zero-order valence-electron chi connectivity index (χ0n) is 15.0. The summed E-state index contributed by atoms with van der Waals surface area (Å²) in [6, 6.07) is 4.22. The number of benzene rings is 1. The smallest absolute Gasteiger partial charge is 0.243 e. The topological polar surface area (TPSA) is 107 Å². The van der Waals surface area contributed by atoms with Crippen LogP contribution in [0.15, 0.2) is 28.0 Å². The molecule has 1 fully saturated rings. The molecule has 0 atom stereocenters. The maximum atomic E-state index is 12.9. The Kier molecular flexibility index (Phi) is 8.50. The quantitative estimate of drug-likeness (QED) is 0.659. The molecule has 0 saturated carbocycles. The van der Waals surface area contributed by atoms with Gasteiger partial charge in [-0.3, -0.25) is 0 Å². The van der Waals surface area contributed by atoms with Gasteiger partial charge in [-0.1, -0.05) is 6.07 Å². The number of aryl methyl sites for hydroxylation is 1. The summed E-state index contributed by atoms with van der Waals surface area (Å²) in [6.45, 7) is 3.55. The third-order valence-corrected chi connectivity index (χ3v) is 7.46. The van der Waals surface area contributed by atoms with E-state index in [-0.39, 0.29) is 28.3 Å². The second kappa shape index (κ2) is 9.48. The molecule has 1 aromatic carbocycles. The fraction of sp³-hybridized carbons (Fsp3) is 0.625. The molecule has 26 heavy (non-hydrogen) atoms. The van der Waals surface area contributed by atoms with Crippen LogP contribution in [0.5, 0.6) is 0 Å².